The van der Waals surface area contributed by atoms with E-state index in [-0.39, 0.29) is 11.3 Å². The van der Waals surface area contributed by atoms with Crippen molar-refractivity contribution in [3.63, 3.8) is 0 Å². The van der Waals surface area contributed by atoms with E-state index in [1.807, 2.05) is 14.0 Å². The van der Waals surface area contributed by atoms with Gasteiger partial charge in [-0.25, -0.2) is 0 Å². The lowest BCUT2D eigenvalue weighted by atomic mass is 9.87. The minimum Gasteiger partial charge on any atom is -0.355 e. The number of amides is 1. The Bertz CT molecular complexity index is 217. The number of nitrogens with zero attached hydrogens (tertiary/aromatic N) is 1. The lowest BCUT2D eigenvalue weighted by Gasteiger charge is -2.22. The Morgan fingerprint density at radius 1 is 1.35 bits per heavy atom. The van der Waals surface area contributed by atoms with E-state index in [4.69, 9.17) is 5.73 Å². The van der Waals surface area contributed by atoms with Gasteiger partial charge < -0.3 is 11.1 Å². The summed E-state index contributed by atoms with van der Waals surface area (Å²) in [5.74, 6) is 0.109. The fourth-order valence-corrected chi connectivity index (χ4v) is 1.66. The molecule has 0 aliphatic rings. The molecule has 0 aromatic rings. The van der Waals surface area contributed by atoms with Crippen LogP contribution in [0.1, 0.15) is 40.0 Å². The van der Waals surface area contributed by atoms with Crippen LogP contribution in [-0.2, 0) is 4.79 Å². The molecule has 4 nitrogen and oxygen atoms in total. The van der Waals surface area contributed by atoms with Crippen molar-refractivity contribution in [1.82, 2.24) is 10.2 Å². The molecule has 1 amide bonds. The first-order valence-corrected chi connectivity index (χ1v) is 6.56. The zero-order chi connectivity index (χ0) is 13.3. The zero-order valence-electron chi connectivity index (χ0n) is 11.9. The highest BCUT2D eigenvalue weighted by molar-refractivity contribution is 5.77. The van der Waals surface area contributed by atoms with Gasteiger partial charge in [-0.15, -0.1) is 0 Å². The summed E-state index contributed by atoms with van der Waals surface area (Å²) < 4.78 is 0. The van der Waals surface area contributed by atoms with Gasteiger partial charge >= 0.3 is 0 Å². The van der Waals surface area contributed by atoms with Gasteiger partial charge in [0.1, 0.15) is 0 Å². The van der Waals surface area contributed by atoms with Crippen LogP contribution in [0.4, 0.5) is 0 Å². The van der Waals surface area contributed by atoms with Gasteiger partial charge in [-0.3, -0.25) is 9.69 Å². The van der Waals surface area contributed by atoms with Crippen LogP contribution in [0.15, 0.2) is 0 Å². The minimum atomic E-state index is 0.109. The standard InChI is InChI=1S/C13H29N3O/c1-5-15-12(17)10-16(4)9-7-6-8-13(2,3)11-14/h5-11,14H2,1-4H3,(H,15,17). The molecule has 0 aliphatic heterocycles. The van der Waals surface area contributed by atoms with Gasteiger partial charge in [-0.1, -0.05) is 20.3 Å². The summed E-state index contributed by atoms with van der Waals surface area (Å²) in [5, 5.41) is 2.80. The lowest BCUT2D eigenvalue weighted by molar-refractivity contribution is -0.121. The van der Waals surface area contributed by atoms with Crippen molar-refractivity contribution in [2.75, 3.05) is 33.2 Å². The molecular formula is C13H29N3O. The van der Waals surface area contributed by atoms with Crippen LogP contribution in [0.3, 0.4) is 0 Å². The van der Waals surface area contributed by atoms with Crippen molar-refractivity contribution < 1.29 is 4.79 Å². The SMILES string of the molecule is CCNC(=O)CN(C)CCCCC(C)(C)CN. The number of nitrogens with one attached hydrogen (secondary N) is 1. The predicted molar refractivity (Wildman–Crippen MR) is 72.9 cm³/mol. The average molecular weight is 243 g/mol. The summed E-state index contributed by atoms with van der Waals surface area (Å²) in [6, 6.07) is 0. The molecule has 0 fully saturated rings. The third-order valence-corrected chi connectivity index (χ3v) is 2.98. The number of carbonyl (C=O) groups is 1. The molecular weight excluding hydrogens is 214 g/mol. The second kappa shape index (κ2) is 8.48. The van der Waals surface area contributed by atoms with Crippen LogP contribution in [0.25, 0.3) is 0 Å². The summed E-state index contributed by atoms with van der Waals surface area (Å²) in [6.45, 7) is 9.24. The molecule has 0 aromatic heterocycles. The van der Waals surface area contributed by atoms with E-state index >= 15 is 0 Å². The predicted octanol–water partition coefficient (Wildman–Crippen LogP) is 1.21. The van der Waals surface area contributed by atoms with E-state index in [2.05, 4.69) is 24.1 Å². The molecule has 0 bridgehead atoms. The minimum absolute atomic E-state index is 0.109. The Labute approximate surface area is 106 Å². The quantitative estimate of drug-likeness (QED) is 0.598. The van der Waals surface area contributed by atoms with Gasteiger partial charge in [-0.05, 0) is 45.3 Å². The highest BCUT2D eigenvalue weighted by Crippen LogP contribution is 2.21. The van der Waals surface area contributed by atoms with Crippen molar-refractivity contribution in [1.29, 1.82) is 0 Å². The lowest BCUT2D eigenvalue weighted by Crippen LogP contribution is -2.35. The smallest absolute Gasteiger partial charge is 0.234 e. The Morgan fingerprint density at radius 3 is 2.53 bits per heavy atom. The highest BCUT2D eigenvalue weighted by atomic mass is 16.1. The molecule has 0 unspecified atom stereocenters. The van der Waals surface area contributed by atoms with Gasteiger partial charge in [0.05, 0.1) is 6.54 Å². The Hall–Kier alpha value is -0.610. The van der Waals surface area contributed by atoms with E-state index in [1.54, 1.807) is 0 Å². The molecule has 0 atom stereocenters. The third kappa shape index (κ3) is 9.12. The first kappa shape index (κ1) is 16.4. The monoisotopic (exact) mass is 243 g/mol. The molecule has 0 aliphatic carbocycles. The van der Waals surface area contributed by atoms with Crippen LogP contribution in [0.5, 0.6) is 0 Å². The molecule has 0 saturated carbocycles. The fourth-order valence-electron chi connectivity index (χ4n) is 1.66. The normalized spacial score (nSPS) is 11.9. The number of hydrogen-bond acceptors (Lipinski definition) is 3. The number of likely N-dealkylation sites (N-methyl/N-ethyl adjacent to an activating group) is 2. The first-order chi connectivity index (χ1) is 7.91. The van der Waals surface area contributed by atoms with Gasteiger partial charge in [-0.2, -0.15) is 0 Å². The van der Waals surface area contributed by atoms with Crippen molar-refractivity contribution in [2.24, 2.45) is 11.1 Å². The van der Waals surface area contributed by atoms with Crippen molar-refractivity contribution in [2.45, 2.75) is 40.0 Å². The molecule has 0 saturated heterocycles. The summed E-state index contributed by atoms with van der Waals surface area (Å²) in [5.41, 5.74) is 5.93. The maximum Gasteiger partial charge on any atom is 0.234 e. The van der Waals surface area contributed by atoms with Gasteiger partial charge in [0.15, 0.2) is 0 Å². The topological polar surface area (TPSA) is 58.4 Å². The Morgan fingerprint density at radius 2 is 2.00 bits per heavy atom. The molecule has 0 heterocycles. The molecule has 3 N–H and O–H groups in total. The molecule has 17 heavy (non-hydrogen) atoms. The summed E-state index contributed by atoms with van der Waals surface area (Å²) in [4.78, 5) is 13.4. The third-order valence-electron chi connectivity index (χ3n) is 2.98. The van der Waals surface area contributed by atoms with E-state index in [9.17, 15) is 4.79 Å². The van der Waals surface area contributed by atoms with Crippen molar-refractivity contribution in [3.8, 4) is 0 Å². The molecule has 0 rings (SSSR count). The van der Waals surface area contributed by atoms with Gasteiger partial charge in [0.2, 0.25) is 5.91 Å². The van der Waals surface area contributed by atoms with E-state index in [1.165, 1.54) is 6.42 Å². The molecule has 102 valence electrons. The number of rotatable bonds is 9. The summed E-state index contributed by atoms with van der Waals surface area (Å²) >= 11 is 0. The molecule has 0 aromatic carbocycles. The summed E-state index contributed by atoms with van der Waals surface area (Å²) in [7, 11) is 1.99. The van der Waals surface area contributed by atoms with E-state index in [0.717, 1.165) is 25.9 Å². The number of carbonyl (C=O) groups excluding carboxylic acids is 1. The highest BCUT2D eigenvalue weighted by Gasteiger charge is 2.14. The van der Waals surface area contributed by atoms with Gasteiger partial charge in [0, 0.05) is 6.54 Å². The summed E-state index contributed by atoms with van der Waals surface area (Å²) in [6.07, 6.45) is 3.45. The molecule has 0 radical (unpaired) electrons. The van der Waals surface area contributed by atoms with Gasteiger partial charge in [0.25, 0.3) is 0 Å². The zero-order valence-corrected chi connectivity index (χ0v) is 11.9. The van der Waals surface area contributed by atoms with Crippen LogP contribution in [0, 0.1) is 5.41 Å². The van der Waals surface area contributed by atoms with Crippen LogP contribution in [0.2, 0.25) is 0 Å². The van der Waals surface area contributed by atoms with Crippen LogP contribution in [-0.4, -0.2) is 44.0 Å². The number of nitrogens with two attached hydrogens (primary N) is 1. The van der Waals surface area contributed by atoms with Crippen LogP contribution >= 0.6 is 0 Å². The van der Waals surface area contributed by atoms with E-state index in [0.29, 0.717) is 13.1 Å². The second-order valence-corrected chi connectivity index (χ2v) is 5.52. The largest absolute Gasteiger partial charge is 0.355 e. The maximum absolute atomic E-state index is 11.3. The van der Waals surface area contributed by atoms with Crippen LogP contribution < -0.4 is 11.1 Å². The second-order valence-electron chi connectivity index (χ2n) is 5.52. The fraction of sp³-hybridized carbons (Fsp3) is 0.923. The number of hydrogen-bond donors (Lipinski definition) is 2. The van der Waals surface area contributed by atoms with E-state index < -0.39 is 0 Å². The number of unbranched alkanes of at least 4 members (excludes halogenated alkanes) is 1. The Kier molecular flexibility index (Phi) is 8.17. The average Bonchev–Trinajstić information content (AvgIpc) is 2.25. The molecule has 0 spiro atoms. The van der Waals surface area contributed by atoms with Crippen molar-refractivity contribution in [3.05, 3.63) is 0 Å². The maximum atomic E-state index is 11.3. The molecule has 4 heteroatoms. The first-order valence-electron chi connectivity index (χ1n) is 6.56. The Balaban J connectivity index is 3.58. The van der Waals surface area contributed by atoms with Crippen molar-refractivity contribution >= 4 is 5.91 Å².